The zero-order valence-corrected chi connectivity index (χ0v) is 13.7. The molecule has 1 aliphatic rings. The molecule has 4 rings (SSSR count). The highest BCUT2D eigenvalue weighted by Gasteiger charge is 2.36. The molecule has 3 aromatic rings. The molecule has 126 valence electrons. The second-order valence-corrected chi connectivity index (χ2v) is 6.06. The summed E-state index contributed by atoms with van der Waals surface area (Å²) >= 11 is 5.80. The van der Waals surface area contributed by atoms with Crippen LogP contribution >= 0.6 is 11.6 Å². The highest BCUT2D eigenvalue weighted by molar-refractivity contribution is 6.31. The van der Waals surface area contributed by atoms with E-state index in [4.69, 9.17) is 16.1 Å². The molecule has 0 bridgehead atoms. The van der Waals surface area contributed by atoms with Crippen LogP contribution in [0.15, 0.2) is 47.1 Å². The minimum atomic E-state index is -0.611. The molecule has 1 fully saturated rings. The summed E-state index contributed by atoms with van der Waals surface area (Å²) in [6.07, 6.45) is 1.80. The molecule has 1 amide bonds. The van der Waals surface area contributed by atoms with Crippen molar-refractivity contribution in [2.75, 3.05) is 11.4 Å². The third-order valence-electron chi connectivity index (χ3n) is 4.04. The first-order valence-corrected chi connectivity index (χ1v) is 8.00. The molecule has 2 aromatic heterocycles. The van der Waals surface area contributed by atoms with Crippen LogP contribution in [0, 0.1) is 5.82 Å². The normalized spacial score (nSPS) is 17.3. The van der Waals surface area contributed by atoms with Gasteiger partial charge in [-0.15, -0.1) is 0 Å². The maximum absolute atomic E-state index is 14.2. The number of amides is 1. The van der Waals surface area contributed by atoms with Crippen LogP contribution in [0.4, 0.5) is 10.1 Å². The molecule has 0 aliphatic carbocycles. The van der Waals surface area contributed by atoms with Crippen LogP contribution in [0.1, 0.15) is 18.2 Å². The lowest BCUT2D eigenvalue weighted by Gasteiger charge is -2.17. The first-order valence-electron chi connectivity index (χ1n) is 7.63. The number of carbonyl (C=O) groups excluding carboxylic acids is 1. The van der Waals surface area contributed by atoms with Crippen LogP contribution in [-0.2, 0) is 4.79 Å². The molecule has 1 unspecified atom stereocenters. The Balaban J connectivity index is 1.59. The fourth-order valence-corrected chi connectivity index (χ4v) is 2.98. The van der Waals surface area contributed by atoms with Crippen molar-refractivity contribution in [1.29, 1.82) is 0 Å². The summed E-state index contributed by atoms with van der Waals surface area (Å²) in [6.45, 7) is 0.261. The summed E-state index contributed by atoms with van der Waals surface area (Å²) in [5, 5.41) is 3.93. The highest BCUT2D eigenvalue weighted by atomic mass is 35.5. The Labute approximate surface area is 147 Å². The van der Waals surface area contributed by atoms with E-state index in [-0.39, 0.29) is 41.4 Å². The number of aromatic nitrogens is 3. The van der Waals surface area contributed by atoms with Crippen LogP contribution in [-0.4, -0.2) is 27.6 Å². The average molecular weight is 359 g/mol. The number of nitrogens with zero attached hydrogens (tertiary/aromatic N) is 4. The number of halogens is 2. The Morgan fingerprint density at radius 3 is 2.92 bits per heavy atom. The molecule has 1 saturated heterocycles. The number of hydrogen-bond acceptors (Lipinski definition) is 5. The summed E-state index contributed by atoms with van der Waals surface area (Å²) < 4.78 is 19.4. The van der Waals surface area contributed by atoms with Crippen LogP contribution in [0.2, 0.25) is 5.02 Å². The van der Waals surface area contributed by atoms with Crippen LogP contribution in [0.3, 0.4) is 0 Å². The number of carbonyl (C=O) groups is 1. The van der Waals surface area contributed by atoms with Gasteiger partial charge in [0.05, 0.1) is 10.7 Å². The molecule has 1 aromatic carbocycles. The summed E-state index contributed by atoms with van der Waals surface area (Å²) in [6, 6.07) is 9.93. The quantitative estimate of drug-likeness (QED) is 0.717. The van der Waals surface area contributed by atoms with Crippen molar-refractivity contribution in [1.82, 2.24) is 15.1 Å². The minimum Gasteiger partial charge on any atom is -0.332 e. The third kappa shape index (κ3) is 2.87. The molecular formula is C17H12ClFN4O2. The Kier molecular flexibility index (Phi) is 3.93. The van der Waals surface area contributed by atoms with Gasteiger partial charge in [0.2, 0.25) is 5.91 Å². The molecule has 1 aliphatic heterocycles. The van der Waals surface area contributed by atoms with E-state index >= 15 is 0 Å². The van der Waals surface area contributed by atoms with Gasteiger partial charge in [-0.2, -0.15) is 4.98 Å². The van der Waals surface area contributed by atoms with Gasteiger partial charge in [0.25, 0.3) is 5.89 Å². The van der Waals surface area contributed by atoms with Crippen molar-refractivity contribution in [3.63, 3.8) is 0 Å². The second kappa shape index (κ2) is 6.25. The lowest BCUT2D eigenvalue weighted by molar-refractivity contribution is -0.117. The number of benzene rings is 1. The van der Waals surface area contributed by atoms with Gasteiger partial charge in [-0.25, -0.2) is 4.39 Å². The maximum atomic E-state index is 14.2. The molecule has 1 atom stereocenters. The molecule has 6 nitrogen and oxygen atoms in total. The predicted molar refractivity (Wildman–Crippen MR) is 88.7 cm³/mol. The Bertz CT molecular complexity index is 931. The van der Waals surface area contributed by atoms with E-state index < -0.39 is 5.82 Å². The molecule has 25 heavy (non-hydrogen) atoms. The Morgan fingerprint density at radius 2 is 2.12 bits per heavy atom. The zero-order chi connectivity index (χ0) is 17.4. The molecule has 0 N–H and O–H groups in total. The second-order valence-electron chi connectivity index (χ2n) is 5.65. The third-order valence-corrected chi connectivity index (χ3v) is 4.33. The standard InChI is InChI=1S/C17H12ClFN4O2/c18-11-4-3-6-13(15(11)19)23-9-10(8-14(23)24)16-21-17(25-22-16)12-5-1-2-7-20-12/h1-7,10H,8-9H2. The van der Waals surface area contributed by atoms with E-state index in [1.807, 2.05) is 6.07 Å². The number of rotatable bonds is 3. The van der Waals surface area contributed by atoms with E-state index in [0.717, 1.165) is 0 Å². The number of hydrogen-bond donors (Lipinski definition) is 0. The van der Waals surface area contributed by atoms with E-state index in [2.05, 4.69) is 15.1 Å². The van der Waals surface area contributed by atoms with E-state index in [9.17, 15) is 9.18 Å². The van der Waals surface area contributed by atoms with Gasteiger partial charge < -0.3 is 9.42 Å². The van der Waals surface area contributed by atoms with Crippen molar-refractivity contribution in [2.45, 2.75) is 12.3 Å². The van der Waals surface area contributed by atoms with Crippen LogP contribution in [0.25, 0.3) is 11.6 Å². The van der Waals surface area contributed by atoms with E-state index in [1.165, 1.54) is 17.0 Å². The SMILES string of the molecule is O=C1CC(c2noc(-c3ccccn3)n2)CN1c1cccc(Cl)c1F. The van der Waals surface area contributed by atoms with E-state index in [1.54, 1.807) is 24.4 Å². The van der Waals surface area contributed by atoms with Gasteiger partial charge in [-0.05, 0) is 24.3 Å². The predicted octanol–water partition coefficient (Wildman–Crippen LogP) is 3.44. The maximum Gasteiger partial charge on any atom is 0.276 e. The summed E-state index contributed by atoms with van der Waals surface area (Å²) in [4.78, 5) is 22.2. The van der Waals surface area contributed by atoms with Gasteiger partial charge in [-0.3, -0.25) is 9.78 Å². The number of anilines is 1. The molecule has 8 heteroatoms. The van der Waals surface area contributed by atoms with Crippen molar-refractivity contribution < 1.29 is 13.7 Å². The van der Waals surface area contributed by atoms with Crippen molar-refractivity contribution in [3.05, 3.63) is 59.3 Å². The smallest absolute Gasteiger partial charge is 0.276 e. The summed E-state index contributed by atoms with van der Waals surface area (Å²) in [5.41, 5.74) is 0.719. The first kappa shape index (κ1) is 15.7. The first-order chi connectivity index (χ1) is 12.1. The van der Waals surface area contributed by atoms with Crippen molar-refractivity contribution in [3.8, 4) is 11.6 Å². The molecule has 0 radical (unpaired) electrons. The van der Waals surface area contributed by atoms with Crippen molar-refractivity contribution in [2.24, 2.45) is 0 Å². The minimum absolute atomic E-state index is 0.0225. The lowest BCUT2D eigenvalue weighted by Crippen LogP contribution is -2.25. The fraction of sp³-hybridized carbons (Fsp3) is 0.176. The van der Waals surface area contributed by atoms with Crippen molar-refractivity contribution >= 4 is 23.2 Å². The number of pyridine rings is 1. The molecular weight excluding hydrogens is 347 g/mol. The Morgan fingerprint density at radius 1 is 1.24 bits per heavy atom. The average Bonchev–Trinajstić information content (AvgIpc) is 3.25. The van der Waals surface area contributed by atoms with Gasteiger partial charge in [0, 0.05) is 25.1 Å². The fourth-order valence-electron chi connectivity index (χ4n) is 2.81. The topological polar surface area (TPSA) is 72.1 Å². The monoisotopic (exact) mass is 358 g/mol. The largest absolute Gasteiger partial charge is 0.332 e. The summed E-state index contributed by atoms with van der Waals surface area (Å²) in [5.74, 6) is -0.419. The zero-order valence-electron chi connectivity index (χ0n) is 12.9. The lowest BCUT2D eigenvalue weighted by atomic mass is 10.1. The molecule has 0 spiro atoms. The van der Waals surface area contributed by atoms with Gasteiger partial charge in [-0.1, -0.05) is 28.9 Å². The molecule has 0 saturated carbocycles. The Hall–Kier alpha value is -2.80. The van der Waals surface area contributed by atoms with E-state index in [0.29, 0.717) is 11.5 Å². The summed E-state index contributed by atoms with van der Waals surface area (Å²) in [7, 11) is 0. The van der Waals surface area contributed by atoms with Gasteiger partial charge in [0.1, 0.15) is 5.69 Å². The highest BCUT2D eigenvalue weighted by Crippen LogP contribution is 2.34. The van der Waals surface area contributed by atoms with Crippen LogP contribution < -0.4 is 4.90 Å². The van der Waals surface area contributed by atoms with Gasteiger partial charge >= 0.3 is 0 Å². The molecule has 3 heterocycles. The van der Waals surface area contributed by atoms with Gasteiger partial charge in [0.15, 0.2) is 11.6 Å². The van der Waals surface area contributed by atoms with Crippen LogP contribution in [0.5, 0.6) is 0 Å².